The molecule has 0 amide bonds. The predicted octanol–water partition coefficient (Wildman–Crippen LogP) is 3.17. The number of rotatable bonds is 3. The minimum atomic E-state index is -0.305. The third-order valence-corrected chi connectivity index (χ3v) is 4.35. The highest BCUT2D eigenvalue weighted by Gasteiger charge is 2.38. The fourth-order valence-electron chi connectivity index (χ4n) is 3.10. The molecule has 1 aliphatic carbocycles. The molecule has 0 bridgehead atoms. The van der Waals surface area contributed by atoms with Crippen molar-refractivity contribution in [3.05, 3.63) is 33.9 Å². The molecule has 20 heavy (non-hydrogen) atoms. The third-order valence-electron chi connectivity index (χ3n) is 4.35. The van der Waals surface area contributed by atoms with Crippen molar-refractivity contribution in [2.75, 3.05) is 7.11 Å². The number of hydrogen-bond acceptors (Lipinski definition) is 3. The number of benzene rings is 1. The Morgan fingerprint density at radius 1 is 1.35 bits per heavy atom. The van der Waals surface area contributed by atoms with Crippen LogP contribution in [0.25, 0.3) is 0 Å². The van der Waals surface area contributed by atoms with Gasteiger partial charge in [0, 0.05) is 17.4 Å². The van der Waals surface area contributed by atoms with Crippen molar-refractivity contribution in [3.63, 3.8) is 0 Å². The van der Waals surface area contributed by atoms with Crippen molar-refractivity contribution < 1.29 is 14.3 Å². The Kier molecular flexibility index (Phi) is 3.72. The van der Waals surface area contributed by atoms with Crippen LogP contribution in [0.15, 0.2) is 6.07 Å². The molecule has 108 valence electrons. The minimum absolute atomic E-state index is 0.194. The van der Waals surface area contributed by atoms with Gasteiger partial charge in [-0.05, 0) is 55.0 Å². The van der Waals surface area contributed by atoms with Crippen LogP contribution in [0.1, 0.15) is 52.9 Å². The molecule has 0 saturated carbocycles. The summed E-state index contributed by atoms with van der Waals surface area (Å²) in [7, 11) is 1.41. The topological polar surface area (TPSA) is 43.4 Å². The number of carbonyl (C=O) groups is 2. The largest absolute Gasteiger partial charge is 0.469 e. The standard InChI is InChI=1S/C17H22O3/c1-10-8-13-14(9-17(3,4)16(13)19)11(2)12(10)6-7-15(18)20-5/h8H,6-7,9H2,1-5H3. The van der Waals surface area contributed by atoms with E-state index >= 15 is 0 Å². The average molecular weight is 274 g/mol. The van der Waals surface area contributed by atoms with Crippen LogP contribution >= 0.6 is 0 Å². The Morgan fingerprint density at radius 3 is 2.60 bits per heavy atom. The van der Waals surface area contributed by atoms with Crippen LogP contribution in [-0.4, -0.2) is 18.9 Å². The number of carbonyl (C=O) groups excluding carboxylic acids is 2. The maximum Gasteiger partial charge on any atom is 0.305 e. The number of esters is 1. The van der Waals surface area contributed by atoms with Gasteiger partial charge in [-0.2, -0.15) is 0 Å². The van der Waals surface area contributed by atoms with Crippen LogP contribution in [0.3, 0.4) is 0 Å². The van der Waals surface area contributed by atoms with Gasteiger partial charge in [-0.1, -0.05) is 13.8 Å². The fraction of sp³-hybridized carbons (Fsp3) is 0.529. The predicted molar refractivity (Wildman–Crippen MR) is 78.1 cm³/mol. The van der Waals surface area contributed by atoms with Crippen molar-refractivity contribution in [2.45, 2.75) is 47.0 Å². The highest BCUT2D eigenvalue weighted by molar-refractivity contribution is 6.05. The van der Waals surface area contributed by atoms with Gasteiger partial charge >= 0.3 is 5.97 Å². The van der Waals surface area contributed by atoms with Gasteiger partial charge in [0.15, 0.2) is 5.78 Å². The molecule has 0 heterocycles. The molecule has 3 heteroatoms. The first-order valence-electron chi connectivity index (χ1n) is 7.01. The van der Waals surface area contributed by atoms with Gasteiger partial charge in [0.2, 0.25) is 0 Å². The lowest BCUT2D eigenvalue weighted by Gasteiger charge is -2.14. The number of ether oxygens (including phenoxy) is 1. The van der Waals surface area contributed by atoms with E-state index in [-0.39, 0.29) is 17.2 Å². The first kappa shape index (κ1) is 14.8. The van der Waals surface area contributed by atoms with Gasteiger partial charge in [-0.15, -0.1) is 0 Å². The van der Waals surface area contributed by atoms with Crippen LogP contribution in [0.5, 0.6) is 0 Å². The number of fused-ring (bicyclic) bond motifs is 1. The zero-order valence-electron chi connectivity index (χ0n) is 12.9. The molecule has 2 rings (SSSR count). The smallest absolute Gasteiger partial charge is 0.305 e. The Labute approximate surface area is 120 Å². The summed E-state index contributed by atoms with van der Waals surface area (Å²) >= 11 is 0. The molecule has 3 nitrogen and oxygen atoms in total. The Balaban J connectivity index is 2.39. The van der Waals surface area contributed by atoms with Crippen molar-refractivity contribution in [2.24, 2.45) is 5.41 Å². The number of Topliss-reactive ketones (excluding diaryl/α,β-unsaturated/α-hetero) is 1. The molecule has 0 saturated heterocycles. The molecule has 0 fully saturated rings. The van der Waals surface area contributed by atoms with E-state index in [0.29, 0.717) is 12.8 Å². The number of methoxy groups -OCH3 is 1. The molecule has 1 aromatic rings. The summed E-state index contributed by atoms with van der Waals surface area (Å²) in [6.07, 6.45) is 1.85. The average Bonchev–Trinajstić information content (AvgIpc) is 2.61. The van der Waals surface area contributed by atoms with Crippen molar-refractivity contribution in [3.8, 4) is 0 Å². The maximum absolute atomic E-state index is 12.4. The van der Waals surface area contributed by atoms with Gasteiger partial charge in [-0.25, -0.2) is 0 Å². The van der Waals surface area contributed by atoms with E-state index in [4.69, 9.17) is 4.74 Å². The second-order valence-corrected chi connectivity index (χ2v) is 6.29. The maximum atomic E-state index is 12.4. The fourth-order valence-corrected chi connectivity index (χ4v) is 3.10. The summed E-state index contributed by atoms with van der Waals surface area (Å²) in [5.41, 5.74) is 5.16. The molecule has 0 spiro atoms. The Hall–Kier alpha value is -1.64. The number of ketones is 1. The lowest BCUT2D eigenvalue weighted by Crippen LogP contribution is -2.18. The monoisotopic (exact) mass is 274 g/mol. The molecule has 1 aromatic carbocycles. The van der Waals surface area contributed by atoms with Gasteiger partial charge in [-0.3, -0.25) is 9.59 Å². The number of aryl methyl sites for hydroxylation is 1. The molecule has 0 unspecified atom stereocenters. The van der Waals surface area contributed by atoms with E-state index in [2.05, 4.69) is 6.92 Å². The second-order valence-electron chi connectivity index (χ2n) is 6.29. The van der Waals surface area contributed by atoms with E-state index in [1.807, 2.05) is 26.8 Å². The SMILES string of the molecule is COC(=O)CCc1c(C)cc2c(c1C)CC(C)(C)C2=O. The quantitative estimate of drug-likeness (QED) is 0.795. The first-order valence-corrected chi connectivity index (χ1v) is 7.01. The summed E-state index contributed by atoms with van der Waals surface area (Å²) in [5, 5.41) is 0. The van der Waals surface area contributed by atoms with Crippen molar-refractivity contribution in [1.82, 2.24) is 0 Å². The second kappa shape index (κ2) is 5.04. The van der Waals surface area contributed by atoms with E-state index in [1.54, 1.807) is 0 Å². The zero-order valence-corrected chi connectivity index (χ0v) is 12.9. The molecule has 0 N–H and O–H groups in total. The van der Waals surface area contributed by atoms with E-state index in [1.165, 1.54) is 18.2 Å². The van der Waals surface area contributed by atoms with Crippen LogP contribution in [0.4, 0.5) is 0 Å². The highest BCUT2D eigenvalue weighted by atomic mass is 16.5. The summed E-state index contributed by atoms with van der Waals surface area (Å²) in [6, 6.07) is 1.99. The van der Waals surface area contributed by atoms with Gasteiger partial charge in [0.05, 0.1) is 7.11 Å². The molecule has 0 atom stereocenters. The summed E-state index contributed by atoms with van der Waals surface area (Å²) < 4.78 is 4.70. The molecule has 0 radical (unpaired) electrons. The van der Waals surface area contributed by atoms with Gasteiger partial charge < -0.3 is 4.74 Å². The van der Waals surface area contributed by atoms with E-state index < -0.39 is 0 Å². The summed E-state index contributed by atoms with van der Waals surface area (Å²) in [5.74, 6) is 0.0407. The first-order chi connectivity index (χ1) is 9.27. The minimum Gasteiger partial charge on any atom is -0.469 e. The zero-order chi connectivity index (χ0) is 15.1. The summed E-state index contributed by atoms with van der Waals surface area (Å²) in [4.78, 5) is 23.7. The van der Waals surface area contributed by atoms with E-state index in [0.717, 1.165) is 23.1 Å². The van der Waals surface area contributed by atoms with Gasteiger partial charge in [0.1, 0.15) is 0 Å². The van der Waals surface area contributed by atoms with Crippen LogP contribution in [0.2, 0.25) is 0 Å². The normalized spacial score (nSPS) is 16.1. The Bertz CT molecular complexity index is 582. The molecular weight excluding hydrogens is 252 g/mol. The summed E-state index contributed by atoms with van der Waals surface area (Å²) in [6.45, 7) is 8.07. The number of hydrogen-bond donors (Lipinski definition) is 0. The lowest BCUT2D eigenvalue weighted by atomic mass is 9.88. The van der Waals surface area contributed by atoms with Crippen LogP contribution in [0, 0.1) is 19.3 Å². The van der Waals surface area contributed by atoms with Crippen LogP contribution < -0.4 is 0 Å². The van der Waals surface area contributed by atoms with Crippen molar-refractivity contribution in [1.29, 1.82) is 0 Å². The Morgan fingerprint density at radius 2 is 2.00 bits per heavy atom. The third kappa shape index (κ3) is 2.37. The molecule has 0 aromatic heterocycles. The van der Waals surface area contributed by atoms with Crippen LogP contribution in [-0.2, 0) is 22.4 Å². The molecule has 1 aliphatic rings. The molecule has 0 aliphatic heterocycles. The molecular formula is C17H22O3. The van der Waals surface area contributed by atoms with Gasteiger partial charge in [0.25, 0.3) is 0 Å². The lowest BCUT2D eigenvalue weighted by molar-refractivity contribution is -0.140. The highest BCUT2D eigenvalue weighted by Crippen LogP contribution is 2.39. The van der Waals surface area contributed by atoms with E-state index in [9.17, 15) is 9.59 Å². The van der Waals surface area contributed by atoms with Crippen molar-refractivity contribution >= 4 is 11.8 Å².